The molecule has 3 heteroatoms. The maximum Gasteiger partial charge on any atom is 0.291 e. The Morgan fingerprint density at radius 2 is 2.00 bits per heavy atom. The van der Waals surface area contributed by atoms with Crippen molar-refractivity contribution in [2.24, 2.45) is 7.05 Å². The molecular weight excluding hydrogens is 116 g/mol. The van der Waals surface area contributed by atoms with Crippen molar-refractivity contribution < 1.29 is 5.11 Å². The van der Waals surface area contributed by atoms with Crippen LogP contribution in [0.15, 0.2) is 0 Å². The minimum atomic E-state index is -0.116. The lowest BCUT2D eigenvalue weighted by molar-refractivity contribution is 0.330. The van der Waals surface area contributed by atoms with E-state index in [2.05, 4.69) is 5.10 Å². The Kier molecular flexibility index (Phi) is 1.20. The van der Waals surface area contributed by atoms with Gasteiger partial charge in [0.15, 0.2) is 0 Å². The van der Waals surface area contributed by atoms with Gasteiger partial charge in [-0.2, -0.15) is 0 Å². The Bertz CT molecular complexity index is 205. The highest BCUT2D eigenvalue weighted by Crippen LogP contribution is 2.16. The third kappa shape index (κ3) is 0.781. The number of hydrogen-bond acceptors (Lipinski definition) is 1. The van der Waals surface area contributed by atoms with Crippen LogP contribution in [0.25, 0.3) is 0 Å². The summed E-state index contributed by atoms with van der Waals surface area (Å²) in [5.74, 6) is -0.116. The Morgan fingerprint density at radius 1 is 1.44 bits per heavy atom. The van der Waals surface area contributed by atoms with Crippen LogP contribution >= 0.6 is 0 Å². The third-order valence-electron chi connectivity index (χ3n) is 1.59. The molecule has 0 unspecified atom stereocenters. The summed E-state index contributed by atoms with van der Waals surface area (Å²) in [6.07, 6.45) is 0. The van der Waals surface area contributed by atoms with E-state index in [0.717, 1.165) is 11.3 Å². The number of rotatable bonds is 0. The number of aromatic nitrogens is 2. The van der Waals surface area contributed by atoms with E-state index in [1.807, 2.05) is 6.92 Å². The zero-order valence-electron chi connectivity index (χ0n) is 5.80. The fraction of sp³-hybridized carbons (Fsp3) is 0.500. The molecule has 1 heterocycles. The highest BCUT2D eigenvalue weighted by molar-refractivity contribution is 5.26. The Morgan fingerprint density at radius 3 is 2.11 bits per heavy atom. The Labute approximate surface area is 53.9 Å². The topological polar surface area (TPSA) is 37.7 Å². The predicted octanol–water partition coefficient (Wildman–Crippen LogP) is 1.18. The van der Waals surface area contributed by atoms with Crippen molar-refractivity contribution in [2.75, 3.05) is 0 Å². The van der Waals surface area contributed by atoms with Crippen molar-refractivity contribution in [1.82, 2.24) is 9.78 Å². The summed E-state index contributed by atoms with van der Waals surface area (Å²) in [6, 6.07) is 0. The fourth-order valence-electron chi connectivity index (χ4n) is 0.684. The fourth-order valence-corrected chi connectivity index (χ4v) is 0.684. The summed E-state index contributed by atoms with van der Waals surface area (Å²) in [6.45, 7) is 3.66. The van der Waals surface area contributed by atoms with E-state index in [4.69, 9.17) is 0 Å². The second-order valence-electron chi connectivity index (χ2n) is 2.14. The molecule has 1 radical (unpaired) electrons. The van der Waals surface area contributed by atoms with Gasteiger partial charge in [-0.15, -0.1) is 5.10 Å². The second-order valence-corrected chi connectivity index (χ2v) is 2.14. The molecule has 1 rings (SSSR count). The molecule has 0 amide bonds. The van der Waals surface area contributed by atoms with E-state index >= 15 is 0 Å². The molecule has 0 bridgehead atoms. The van der Waals surface area contributed by atoms with Crippen LogP contribution in [-0.2, 0) is 12.2 Å². The maximum atomic E-state index is 10.7. The van der Waals surface area contributed by atoms with Gasteiger partial charge >= 0.3 is 0 Å². The van der Waals surface area contributed by atoms with Gasteiger partial charge in [-0.1, -0.05) is 0 Å². The maximum absolute atomic E-state index is 10.7. The third-order valence-corrected chi connectivity index (χ3v) is 1.59. The molecule has 49 valence electrons. The summed E-state index contributed by atoms with van der Waals surface area (Å²) in [5.41, 5.74) is 1.69. The lowest BCUT2D eigenvalue weighted by Crippen LogP contribution is -1.91. The van der Waals surface area contributed by atoms with Gasteiger partial charge in [0.2, 0.25) is 0 Å². The van der Waals surface area contributed by atoms with E-state index in [-0.39, 0.29) is 5.88 Å². The average molecular weight is 125 g/mol. The quantitative estimate of drug-likeness (QED) is 0.513. The predicted molar refractivity (Wildman–Crippen MR) is 32.8 cm³/mol. The zero-order valence-corrected chi connectivity index (χ0v) is 5.80. The van der Waals surface area contributed by atoms with Gasteiger partial charge in [0.1, 0.15) is 0 Å². The summed E-state index contributed by atoms with van der Waals surface area (Å²) in [5, 5.41) is 14.4. The van der Waals surface area contributed by atoms with Crippen LogP contribution in [0.5, 0.6) is 5.88 Å². The van der Waals surface area contributed by atoms with Crippen LogP contribution < -0.4 is 0 Å². The number of nitrogens with zero attached hydrogens (tertiary/aromatic N) is 2. The van der Waals surface area contributed by atoms with Crippen LogP contribution in [0.3, 0.4) is 0 Å². The van der Waals surface area contributed by atoms with Gasteiger partial charge in [0, 0.05) is 18.3 Å². The molecule has 0 aliphatic carbocycles. The molecular formula is C6H9N2O. The molecule has 9 heavy (non-hydrogen) atoms. The first-order chi connectivity index (χ1) is 4.13. The Balaban J connectivity index is 3.29. The lowest BCUT2D eigenvalue weighted by atomic mass is 10.3. The highest BCUT2D eigenvalue weighted by Gasteiger charge is 2.06. The smallest absolute Gasteiger partial charge is 0.269 e. The first-order valence-electron chi connectivity index (χ1n) is 2.80. The van der Waals surface area contributed by atoms with Gasteiger partial charge in [-0.25, -0.2) is 0 Å². The van der Waals surface area contributed by atoms with Gasteiger partial charge < -0.3 is 0 Å². The van der Waals surface area contributed by atoms with Gasteiger partial charge in [0.05, 0.1) is 0 Å². The van der Waals surface area contributed by atoms with E-state index in [1.165, 1.54) is 0 Å². The summed E-state index contributed by atoms with van der Waals surface area (Å²) in [4.78, 5) is 0. The SMILES string of the molecule is Cc1c([O])nn(C)c1C. The normalized spacial score (nSPS) is 10.1. The van der Waals surface area contributed by atoms with Crippen LogP contribution in [-0.4, -0.2) is 9.78 Å². The molecule has 0 spiro atoms. The first kappa shape index (κ1) is 6.13. The van der Waals surface area contributed by atoms with Crippen molar-refractivity contribution in [3.8, 4) is 5.88 Å². The zero-order chi connectivity index (χ0) is 7.02. The molecule has 0 saturated carbocycles. The van der Waals surface area contributed by atoms with Crippen molar-refractivity contribution in [3.63, 3.8) is 0 Å². The van der Waals surface area contributed by atoms with Crippen molar-refractivity contribution >= 4 is 0 Å². The second kappa shape index (κ2) is 1.76. The minimum Gasteiger partial charge on any atom is -0.269 e. The number of aryl methyl sites for hydroxylation is 1. The van der Waals surface area contributed by atoms with E-state index < -0.39 is 0 Å². The van der Waals surface area contributed by atoms with Crippen LogP contribution in [0.1, 0.15) is 11.3 Å². The van der Waals surface area contributed by atoms with Crippen LogP contribution in [0, 0.1) is 13.8 Å². The molecule has 0 aliphatic heterocycles. The highest BCUT2D eigenvalue weighted by atomic mass is 16.3. The molecule has 0 atom stereocenters. The van der Waals surface area contributed by atoms with Crippen molar-refractivity contribution in [1.29, 1.82) is 0 Å². The molecule has 0 saturated heterocycles. The number of hydrogen-bond donors (Lipinski definition) is 0. The average Bonchev–Trinajstić information content (AvgIpc) is 1.98. The van der Waals surface area contributed by atoms with Gasteiger partial charge in [-0.3, -0.25) is 9.79 Å². The van der Waals surface area contributed by atoms with Crippen LogP contribution in [0.2, 0.25) is 0 Å². The molecule has 0 aromatic carbocycles. The van der Waals surface area contributed by atoms with E-state index in [9.17, 15) is 5.11 Å². The summed E-state index contributed by atoms with van der Waals surface area (Å²) >= 11 is 0. The summed E-state index contributed by atoms with van der Waals surface area (Å²) < 4.78 is 1.59. The van der Waals surface area contributed by atoms with Gasteiger partial charge in [-0.05, 0) is 13.8 Å². The Hall–Kier alpha value is -0.990. The van der Waals surface area contributed by atoms with E-state index in [0.29, 0.717) is 0 Å². The van der Waals surface area contributed by atoms with Crippen LogP contribution in [0.4, 0.5) is 0 Å². The van der Waals surface area contributed by atoms with Gasteiger partial charge in [0.25, 0.3) is 5.88 Å². The first-order valence-corrected chi connectivity index (χ1v) is 2.80. The lowest BCUT2D eigenvalue weighted by Gasteiger charge is -1.89. The minimum absolute atomic E-state index is 0.116. The summed E-state index contributed by atoms with van der Waals surface area (Å²) in [7, 11) is 1.77. The monoisotopic (exact) mass is 125 g/mol. The van der Waals surface area contributed by atoms with E-state index in [1.54, 1.807) is 18.7 Å². The largest absolute Gasteiger partial charge is 0.291 e. The molecule has 0 N–H and O–H groups in total. The molecule has 1 aromatic heterocycles. The molecule has 1 aromatic rings. The molecule has 0 aliphatic rings. The standard InChI is InChI=1S/C6H9N2O/c1-4-5(2)8(3)7-6(4)9/h1-3H3. The molecule has 0 fully saturated rings. The van der Waals surface area contributed by atoms with Crippen molar-refractivity contribution in [3.05, 3.63) is 11.3 Å². The van der Waals surface area contributed by atoms with Crippen molar-refractivity contribution in [2.45, 2.75) is 13.8 Å². The molecule has 3 nitrogen and oxygen atoms in total.